The van der Waals surface area contributed by atoms with Gasteiger partial charge in [-0.15, -0.1) is 0 Å². The molecule has 0 unspecified atom stereocenters. The van der Waals surface area contributed by atoms with Gasteiger partial charge in [0, 0.05) is 6.61 Å². The molecule has 2 aliphatic rings. The molecule has 1 aromatic rings. The van der Waals surface area contributed by atoms with Gasteiger partial charge in [0.1, 0.15) is 48.5 Å². The molecule has 2 saturated heterocycles. The summed E-state index contributed by atoms with van der Waals surface area (Å²) in [7, 11) is 0. The van der Waals surface area contributed by atoms with Crippen molar-refractivity contribution in [2.45, 2.75) is 74.8 Å². The van der Waals surface area contributed by atoms with Crippen LogP contribution < -0.4 is 4.74 Å². The Hall–Kier alpha value is -1.38. The molecular formula is C20H30O11. The van der Waals surface area contributed by atoms with Crippen molar-refractivity contribution in [3.05, 3.63) is 29.8 Å². The van der Waals surface area contributed by atoms with E-state index in [1.807, 2.05) is 0 Å². The van der Waals surface area contributed by atoms with Crippen LogP contribution in [0, 0.1) is 0 Å². The van der Waals surface area contributed by atoms with E-state index in [-0.39, 0.29) is 6.61 Å². The molecule has 11 nitrogen and oxygen atoms in total. The molecule has 2 fully saturated rings. The Balaban J connectivity index is 1.70. The van der Waals surface area contributed by atoms with Gasteiger partial charge >= 0.3 is 0 Å². The monoisotopic (exact) mass is 446 g/mol. The first-order valence-corrected chi connectivity index (χ1v) is 10.1. The minimum absolute atomic E-state index is 0.0109. The van der Waals surface area contributed by atoms with Gasteiger partial charge in [0.05, 0.1) is 12.7 Å². The first kappa shape index (κ1) is 24.3. The second-order valence-electron chi connectivity index (χ2n) is 7.72. The Labute approximate surface area is 179 Å². The number of hydrogen-bond donors (Lipinski definition) is 7. The molecule has 0 saturated carbocycles. The largest absolute Gasteiger partial charge is 0.462 e. The van der Waals surface area contributed by atoms with Gasteiger partial charge < -0.3 is 54.7 Å². The van der Waals surface area contributed by atoms with Crippen LogP contribution in [-0.2, 0) is 20.6 Å². The number of aliphatic hydroxyl groups is 7. The minimum Gasteiger partial charge on any atom is -0.462 e. The average molecular weight is 446 g/mol. The van der Waals surface area contributed by atoms with Crippen LogP contribution in [0.1, 0.15) is 12.5 Å². The molecule has 2 aliphatic heterocycles. The summed E-state index contributed by atoms with van der Waals surface area (Å²) >= 11 is 0. The number of hydrogen-bond acceptors (Lipinski definition) is 11. The summed E-state index contributed by atoms with van der Waals surface area (Å²) in [5.74, 6) is 0.376. The zero-order valence-corrected chi connectivity index (χ0v) is 17.0. The van der Waals surface area contributed by atoms with Gasteiger partial charge in [0.15, 0.2) is 6.29 Å². The molecule has 7 N–H and O–H groups in total. The molecule has 10 atom stereocenters. The van der Waals surface area contributed by atoms with Crippen LogP contribution in [0.5, 0.6) is 5.75 Å². The van der Waals surface area contributed by atoms with E-state index in [0.29, 0.717) is 12.2 Å². The van der Waals surface area contributed by atoms with Crippen LogP contribution in [0.25, 0.3) is 0 Å². The highest BCUT2D eigenvalue weighted by molar-refractivity contribution is 5.27. The van der Waals surface area contributed by atoms with Gasteiger partial charge in [-0.1, -0.05) is 12.1 Å². The average Bonchev–Trinajstić information content (AvgIpc) is 2.76. The standard InChI is InChI=1S/C20H30O11/c1-9-13(23)18(31-19-16(26)15(25)14(24)12(8-22)30-19)17(27)20(28-9)29-11-4-2-10(3-5-11)6-7-21/h2-5,9,12-27H,6-8H2,1H3/t9-,12+,13-,14+,15-,16+,17+,18+,19-,20-/m0/s1. The number of aliphatic hydroxyl groups excluding tert-OH is 7. The van der Waals surface area contributed by atoms with Crippen molar-refractivity contribution in [2.24, 2.45) is 0 Å². The van der Waals surface area contributed by atoms with Crippen molar-refractivity contribution in [1.82, 2.24) is 0 Å². The van der Waals surface area contributed by atoms with Gasteiger partial charge in [0.25, 0.3) is 0 Å². The Morgan fingerprint density at radius 3 is 2.10 bits per heavy atom. The molecule has 0 amide bonds. The van der Waals surface area contributed by atoms with Crippen LogP contribution in [0.3, 0.4) is 0 Å². The molecule has 0 aromatic heterocycles. The second kappa shape index (κ2) is 10.5. The molecule has 0 bridgehead atoms. The first-order chi connectivity index (χ1) is 14.8. The maximum absolute atomic E-state index is 10.7. The van der Waals surface area contributed by atoms with E-state index >= 15 is 0 Å². The lowest BCUT2D eigenvalue weighted by molar-refractivity contribution is -0.350. The third-order valence-corrected chi connectivity index (χ3v) is 5.50. The predicted molar refractivity (Wildman–Crippen MR) is 103 cm³/mol. The molecule has 176 valence electrons. The highest BCUT2D eigenvalue weighted by Crippen LogP contribution is 2.30. The van der Waals surface area contributed by atoms with Crippen molar-refractivity contribution in [2.75, 3.05) is 13.2 Å². The molecule has 11 heteroatoms. The summed E-state index contributed by atoms with van der Waals surface area (Å²) in [6.07, 6.45) is -13.4. The fourth-order valence-corrected chi connectivity index (χ4v) is 3.59. The predicted octanol–water partition coefficient (Wildman–Crippen LogP) is -2.75. The van der Waals surface area contributed by atoms with Crippen molar-refractivity contribution in [3.8, 4) is 5.75 Å². The summed E-state index contributed by atoms with van der Waals surface area (Å²) in [4.78, 5) is 0. The third kappa shape index (κ3) is 5.34. The molecule has 0 radical (unpaired) electrons. The van der Waals surface area contributed by atoms with Crippen LogP contribution >= 0.6 is 0 Å². The molecule has 0 aliphatic carbocycles. The minimum atomic E-state index is -1.69. The normalized spacial score (nSPS) is 41.2. The van der Waals surface area contributed by atoms with E-state index in [0.717, 1.165) is 5.56 Å². The van der Waals surface area contributed by atoms with E-state index < -0.39 is 68.0 Å². The van der Waals surface area contributed by atoms with Crippen molar-refractivity contribution < 1.29 is 54.7 Å². The topological polar surface area (TPSA) is 179 Å². The maximum atomic E-state index is 10.7. The van der Waals surface area contributed by atoms with Crippen LogP contribution in [-0.4, -0.2) is 110 Å². The van der Waals surface area contributed by atoms with Gasteiger partial charge in [-0.3, -0.25) is 0 Å². The lowest BCUT2D eigenvalue weighted by atomic mass is 9.97. The van der Waals surface area contributed by atoms with Crippen LogP contribution in [0.2, 0.25) is 0 Å². The maximum Gasteiger partial charge on any atom is 0.229 e. The van der Waals surface area contributed by atoms with Gasteiger partial charge in [-0.2, -0.15) is 0 Å². The SMILES string of the molecule is C[C@@H]1O[C@@H](Oc2ccc(CCO)cc2)[C@H](O)[C@H](O[C@@H]2O[C@H](CO)[C@@H](O)[C@H](O)[C@H]2O)[C@H]1O. The van der Waals surface area contributed by atoms with E-state index in [4.69, 9.17) is 24.1 Å². The molecule has 1 aromatic carbocycles. The van der Waals surface area contributed by atoms with Gasteiger partial charge in [0.2, 0.25) is 6.29 Å². The van der Waals surface area contributed by atoms with Gasteiger partial charge in [-0.25, -0.2) is 0 Å². The zero-order valence-electron chi connectivity index (χ0n) is 17.0. The third-order valence-electron chi connectivity index (χ3n) is 5.50. The second-order valence-corrected chi connectivity index (χ2v) is 7.72. The summed E-state index contributed by atoms with van der Waals surface area (Å²) < 4.78 is 22.1. The smallest absolute Gasteiger partial charge is 0.229 e. The molecule has 0 spiro atoms. The summed E-state index contributed by atoms with van der Waals surface area (Å²) in [5, 5.41) is 69.5. The lowest BCUT2D eigenvalue weighted by Gasteiger charge is -2.45. The van der Waals surface area contributed by atoms with E-state index in [9.17, 15) is 30.6 Å². The molecular weight excluding hydrogens is 416 g/mol. The van der Waals surface area contributed by atoms with Crippen molar-refractivity contribution in [1.29, 1.82) is 0 Å². The fraction of sp³-hybridized carbons (Fsp3) is 0.700. The van der Waals surface area contributed by atoms with E-state index in [1.165, 1.54) is 0 Å². The number of rotatable bonds is 7. The van der Waals surface area contributed by atoms with E-state index in [1.54, 1.807) is 31.2 Å². The summed E-state index contributed by atoms with van der Waals surface area (Å²) in [6.45, 7) is 0.913. The Morgan fingerprint density at radius 1 is 0.806 bits per heavy atom. The quantitative estimate of drug-likeness (QED) is 0.231. The van der Waals surface area contributed by atoms with Crippen molar-refractivity contribution in [3.63, 3.8) is 0 Å². The van der Waals surface area contributed by atoms with Crippen molar-refractivity contribution >= 4 is 0 Å². The highest BCUT2D eigenvalue weighted by Gasteiger charge is 2.50. The Kier molecular flexibility index (Phi) is 8.21. The molecule has 2 heterocycles. The van der Waals surface area contributed by atoms with Crippen LogP contribution in [0.4, 0.5) is 0 Å². The molecule has 31 heavy (non-hydrogen) atoms. The van der Waals surface area contributed by atoms with E-state index in [2.05, 4.69) is 0 Å². The Bertz CT molecular complexity index is 684. The molecule has 3 rings (SSSR count). The highest BCUT2D eigenvalue weighted by atomic mass is 16.7. The number of ether oxygens (including phenoxy) is 4. The summed E-state index contributed by atoms with van der Waals surface area (Å²) in [5.41, 5.74) is 0.896. The summed E-state index contributed by atoms with van der Waals surface area (Å²) in [6, 6.07) is 6.79. The van der Waals surface area contributed by atoms with Crippen LogP contribution in [0.15, 0.2) is 24.3 Å². The lowest BCUT2D eigenvalue weighted by Crippen LogP contribution is -2.64. The number of benzene rings is 1. The van der Waals surface area contributed by atoms with Gasteiger partial charge in [-0.05, 0) is 31.0 Å². The first-order valence-electron chi connectivity index (χ1n) is 10.1. The fourth-order valence-electron chi connectivity index (χ4n) is 3.59. The zero-order chi connectivity index (χ0) is 22.7. The Morgan fingerprint density at radius 2 is 1.48 bits per heavy atom.